The predicted octanol–water partition coefficient (Wildman–Crippen LogP) is 5.04. The monoisotopic (exact) mass is 507 g/mol. The second kappa shape index (κ2) is 10.0. The van der Waals surface area contributed by atoms with E-state index in [0.717, 1.165) is 5.56 Å². The summed E-state index contributed by atoms with van der Waals surface area (Å²) in [5.74, 6) is -0.142. The molecule has 3 heterocycles. The number of aromatic nitrogens is 5. The van der Waals surface area contributed by atoms with Crippen molar-refractivity contribution in [3.63, 3.8) is 0 Å². The van der Waals surface area contributed by atoms with E-state index >= 15 is 4.39 Å². The normalized spacial score (nSPS) is 12.5. The summed E-state index contributed by atoms with van der Waals surface area (Å²) in [6.45, 7) is -0.0148. The highest BCUT2D eigenvalue weighted by atomic mass is 19.3. The molecular formula is C26H24F3N7O. The van der Waals surface area contributed by atoms with Crippen molar-refractivity contribution in [3.05, 3.63) is 67.1 Å². The lowest BCUT2D eigenvalue weighted by Crippen LogP contribution is -2.36. The minimum absolute atomic E-state index is 0.0148. The fourth-order valence-electron chi connectivity index (χ4n) is 4.11. The zero-order chi connectivity index (χ0) is 26.1. The van der Waals surface area contributed by atoms with Gasteiger partial charge < -0.3 is 15.0 Å². The van der Waals surface area contributed by atoms with Gasteiger partial charge in [0, 0.05) is 36.9 Å². The van der Waals surface area contributed by atoms with E-state index in [1.54, 1.807) is 85.7 Å². The number of ether oxygens (including phenoxy) is 1. The molecule has 37 heavy (non-hydrogen) atoms. The van der Waals surface area contributed by atoms with Gasteiger partial charge in [0.2, 0.25) is 0 Å². The Morgan fingerprint density at radius 2 is 1.89 bits per heavy atom. The molecule has 0 radical (unpaired) electrons. The summed E-state index contributed by atoms with van der Waals surface area (Å²) in [7, 11) is 5.16. The Kier molecular flexibility index (Phi) is 6.62. The Morgan fingerprint density at radius 1 is 1.05 bits per heavy atom. The molecule has 11 heteroatoms. The quantitative estimate of drug-likeness (QED) is 0.315. The summed E-state index contributed by atoms with van der Waals surface area (Å²) in [5.41, 5.74) is 2.54. The van der Waals surface area contributed by atoms with Gasteiger partial charge in [-0.3, -0.25) is 9.67 Å². The van der Waals surface area contributed by atoms with Crippen molar-refractivity contribution in [2.45, 2.75) is 12.5 Å². The number of alkyl halides is 2. The van der Waals surface area contributed by atoms with Crippen molar-refractivity contribution in [2.24, 2.45) is 7.05 Å². The second-order valence-corrected chi connectivity index (χ2v) is 8.87. The third kappa shape index (κ3) is 5.03. The number of nitrogens with one attached hydrogen (secondary N) is 1. The molecule has 1 N–H and O–H groups in total. The topological polar surface area (TPSA) is 81.0 Å². The van der Waals surface area contributed by atoms with Gasteiger partial charge in [-0.05, 0) is 56.1 Å². The summed E-state index contributed by atoms with van der Waals surface area (Å²) in [5, 5.41) is 7.89. The Labute approximate surface area is 210 Å². The van der Waals surface area contributed by atoms with Crippen LogP contribution in [0.2, 0.25) is 0 Å². The second-order valence-electron chi connectivity index (χ2n) is 8.87. The Bertz CT molecular complexity index is 1570. The van der Waals surface area contributed by atoms with Gasteiger partial charge in [0.05, 0.1) is 28.3 Å². The van der Waals surface area contributed by atoms with Crippen LogP contribution in [0, 0.1) is 5.82 Å². The molecule has 0 aliphatic rings. The van der Waals surface area contributed by atoms with Crippen molar-refractivity contribution in [2.75, 3.05) is 26.0 Å². The first-order chi connectivity index (χ1) is 17.8. The van der Waals surface area contributed by atoms with Crippen LogP contribution in [0.25, 0.3) is 32.9 Å². The molecule has 0 aliphatic heterocycles. The fourth-order valence-corrected chi connectivity index (χ4v) is 4.11. The molecular weight excluding hydrogens is 483 g/mol. The average Bonchev–Trinajstić information content (AvgIpc) is 3.31. The van der Waals surface area contributed by atoms with E-state index in [1.165, 1.54) is 6.33 Å². The highest BCUT2D eigenvalue weighted by molar-refractivity contribution is 5.99. The first-order valence-corrected chi connectivity index (χ1v) is 11.5. The Hall–Kier alpha value is -4.25. The van der Waals surface area contributed by atoms with Crippen molar-refractivity contribution >= 4 is 33.3 Å². The van der Waals surface area contributed by atoms with Gasteiger partial charge in [-0.1, -0.05) is 0 Å². The zero-order valence-electron chi connectivity index (χ0n) is 20.4. The van der Waals surface area contributed by atoms with E-state index in [1.807, 2.05) is 0 Å². The number of anilines is 2. The van der Waals surface area contributed by atoms with Crippen LogP contribution in [0.1, 0.15) is 0 Å². The maximum atomic E-state index is 15.3. The van der Waals surface area contributed by atoms with Gasteiger partial charge in [0.15, 0.2) is 11.9 Å². The zero-order valence-corrected chi connectivity index (χ0v) is 20.4. The highest BCUT2D eigenvalue weighted by Gasteiger charge is 2.26. The number of hydrogen-bond donors (Lipinski definition) is 1. The SMILES string of the molecule is CN(C)CC(Oc1cc(-c2cnn(C)c2)cc2ncnc(Nc3ccc4ncccc4c3F)c12)C(F)F. The highest BCUT2D eigenvalue weighted by Crippen LogP contribution is 2.38. The number of fused-ring (bicyclic) bond motifs is 2. The molecule has 0 amide bonds. The van der Waals surface area contributed by atoms with Crippen molar-refractivity contribution in [1.29, 1.82) is 0 Å². The van der Waals surface area contributed by atoms with Crippen molar-refractivity contribution < 1.29 is 17.9 Å². The molecule has 8 nitrogen and oxygen atoms in total. The summed E-state index contributed by atoms with van der Waals surface area (Å²) >= 11 is 0. The molecule has 1 atom stereocenters. The molecule has 2 aromatic carbocycles. The van der Waals surface area contributed by atoms with E-state index in [0.29, 0.717) is 27.4 Å². The first-order valence-electron chi connectivity index (χ1n) is 11.5. The van der Waals surface area contributed by atoms with Crippen LogP contribution in [-0.2, 0) is 7.05 Å². The number of nitrogens with zero attached hydrogens (tertiary/aromatic N) is 6. The number of pyridine rings is 1. The summed E-state index contributed by atoms with van der Waals surface area (Å²) in [6, 6.07) is 9.96. The summed E-state index contributed by atoms with van der Waals surface area (Å²) < 4.78 is 50.8. The smallest absolute Gasteiger partial charge is 0.276 e. The van der Waals surface area contributed by atoms with Crippen LogP contribution < -0.4 is 10.1 Å². The van der Waals surface area contributed by atoms with Crippen LogP contribution >= 0.6 is 0 Å². The minimum Gasteiger partial charge on any atom is -0.482 e. The lowest BCUT2D eigenvalue weighted by molar-refractivity contribution is -0.000201. The molecule has 0 spiro atoms. The molecule has 3 aromatic heterocycles. The van der Waals surface area contributed by atoms with Crippen LogP contribution in [0.4, 0.5) is 24.7 Å². The van der Waals surface area contributed by atoms with Gasteiger partial charge in [-0.15, -0.1) is 0 Å². The molecule has 5 rings (SSSR count). The molecule has 0 bridgehead atoms. The van der Waals surface area contributed by atoms with E-state index in [-0.39, 0.29) is 23.8 Å². The van der Waals surface area contributed by atoms with Crippen molar-refractivity contribution in [1.82, 2.24) is 29.6 Å². The van der Waals surface area contributed by atoms with Crippen LogP contribution in [0.3, 0.4) is 0 Å². The Balaban J connectivity index is 1.65. The third-order valence-corrected chi connectivity index (χ3v) is 5.82. The molecule has 0 fully saturated rings. The van der Waals surface area contributed by atoms with Gasteiger partial charge >= 0.3 is 0 Å². The van der Waals surface area contributed by atoms with E-state index < -0.39 is 18.3 Å². The lowest BCUT2D eigenvalue weighted by atomic mass is 10.1. The number of hydrogen-bond acceptors (Lipinski definition) is 7. The largest absolute Gasteiger partial charge is 0.482 e. The number of halogens is 3. The van der Waals surface area contributed by atoms with Crippen LogP contribution in [0.5, 0.6) is 5.75 Å². The summed E-state index contributed by atoms with van der Waals surface area (Å²) in [6.07, 6.45) is 2.21. The van der Waals surface area contributed by atoms with E-state index in [4.69, 9.17) is 4.74 Å². The van der Waals surface area contributed by atoms with Gasteiger partial charge in [0.25, 0.3) is 6.43 Å². The number of aryl methyl sites for hydroxylation is 1. The van der Waals surface area contributed by atoms with Crippen molar-refractivity contribution in [3.8, 4) is 16.9 Å². The standard InChI is InChI=1S/C26H24F3N7O/c1-35(2)13-22(25(28)29)37-21-10-15(16-11-33-36(3)12-16)9-20-23(21)26(32-14-31-20)34-19-7-6-18-17(24(19)27)5-4-8-30-18/h4-12,14,22,25H,13H2,1-3H3,(H,31,32,34). The van der Waals surface area contributed by atoms with Gasteiger partial charge in [0.1, 0.15) is 17.9 Å². The molecule has 5 aromatic rings. The number of benzene rings is 2. The van der Waals surface area contributed by atoms with Gasteiger partial charge in [-0.25, -0.2) is 23.1 Å². The lowest BCUT2D eigenvalue weighted by Gasteiger charge is -2.23. The first kappa shape index (κ1) is 24.4. The average molecular weight is 508 g/mol. The molecule has 0 saturated carbocycles. The van der Waals surface area contributed by atoms with Crippen LogP contribution in [0.15, 0.2) is 61.3 Å². The van der Waals surface area contributed by atoms with Gasteiger partial charge in [-0.2, -0.15) is 5.10 Å². The molecule has 190 valence electrons. The predicted molar refractivity (Wildman–Crippen MR) is 136 cm³/mol. The maximum absolute atomic E-state index is 15.3. The minimum atomic E-state index is -2.74. The summed E-state index contributed by atoms with van der Waals surface area (Å²) in [4.78, 5) is 14.5. The molecule has 1 unspecified atom stereocenters. The molecule has 0 saturated heterocycles. The maximum Gasteiger partial charge on any atom is 0.276 e. The number of rotatable bonds is 8. The number of likely N-dealkylation sites (N-methyl/N-ethyl adjacent to an activating group) is 1. The fraction of sp³-hybridized carbons (Fsp3) is 0.231. The molecule has 0 aliphatic carbocycles. The third-order valence-electron chi connectivity index (χ3n) is 5.82. The van der Waals surface area contributed by atoms with E-state index in [9.17, 15) is 8.78 Å². The van der Waals surface area contributed by atoms with Crippen LogP contribution in [-0.4, -0.2) is 62.8 Å². The Morgan fingerprint density at radius 3 is 2.62 bits per heavy atom. The van der Waals surface area contributed by atoms with E-state index in [2.05, 4.69) is 25.4 Å².